The second kappa shape index (κ2) is 9.89. The first kappa shape index (κ1) is 22.6. The maximum Gasteiger partial charge on any atom is 0.293 e. The monoisotopic (exact) mass is 466 g/mol. The molecular weight excluding hydrogens is 444 g/mol. The molecule has 0 aromatic heterocycles. The molecule has 1 fully saturated rings. The Kier molecular flexibility index (Phi) is 6.76. The molecule has 1 heterocycles. The fourth-order valence-electron chi connectivity index (χ4n) is 3.63. The largest absolute Gasteiger partial charge is 0.454 e. The van der Waals surface area contributed by atoms with Crippen molar-refractivity contribution in [1.29, 1.82) is 0 Å². The van der Waals surface area contributed by atoms with Gasteiger partial charge in [-0.2, -0.15) is 0 Å². The molecule has 3 aromatic carbocycles. The van der Waals surface area contributed by atoms with Crippen LogP contribution in [-0.2, 0) is 0 Å². The number of hydrogen-bond donors (Lipinski definition) is 1. The van der Waals surface area contributed by atoms with Gasteiger partial charge in [0, 0.05) is 37.8 Å². The van der Waals surface area contributed by atoms with Crippen LogP contribution in [0.3, 0.4) is 0 Å². The summed E-state index contributed by atoms with van der Waals surface area (Å²) >= 11 is 6.18. The van der Waals surface area contributed by atoms with Gasteiger partial charge in [-0.15, -0.1) is 0 Å². The van der Waals surface area contributed by atoms with Crippen LogP contribution in [0.4, 0.5) is 17.1 Å². The van der Waals surface area contributed by atoms with Crippen LogP contribution >= 0.6 is 11.6 Å². The molecule has 0 radical (unpaired) electrons. The van der Waals surface area contributed by atoms with Crippen LogP contribution in [-0.4, -0.2) is 49.0 Å². The number of nitro groups is 1. The van der Waals surface area contributed by atoms with E-state index in [9.17, 15) is 14.9 Å². The molecule has 1 amide bonds. The molecule has 8 nitrogen and oxygen atoms in total. The summed E-state index contributed by atoms with van der Waals surface area (Å²) in [6.45, 7) is 3.02. The second-order valence-corrected chi connectivity index (χ2v) is 8.14. The van der Waals surface area contributed by atoms with Crippen LogP contribution in [0.2, 0.25) is 5.02 Å². The molecule has 0 unspecified atom stereocenters. The Morgan fingerprint density at radius 3 is 2.36 bits per heavy atom. The van der Waals surface area contributed by atoms with Crippen molar-refractivity contribution in [3.05, 3.63) is 87.4 Å². The molecule has 1 saturated heterocycles. The summed E-state index contributed by atoms with van der Waals surface area (Å²) < 4.78 is 5.88. The van der Waals surface area contributed by atoms with Gasteiger partial charge < -0.3 is 19.9 Å². The normalized spacial score (nSPS) is 14.1. The Balaban J connectivity index is 1.56. The van der Waals surface area contributed by atoms with Crippen molar-refractivity contribution >= 4 is 34.6 Å². The van der Waals surface area contributed by atoms with Crippen LogP contribution in [0.25, 0.3) is 0 Å². The number of nitrogens with zero attached hydrogens (tertiary/aromatic N) is 3. The van der Waals surface area contributed by atoms with Crippen molar-refractivity contribution in [1.82, 2.24) is 4.90 Å². The van der Waals surface area contributed by atoms with Gasteiger partial charge in [-0.3, -0.25) is 14.9 Å². The van der Waals surface area contributed by atoms with Crippen LogP contribution < -0.4 is 15.0 Å². The SMILES string of the molecule is CN1CCN(c2ccc(C(=O)Nc3ccccc3Oc3ccccc3Cl)cc2[N+](=O)[O-])CC1. The number of piperazine rings is 1. The molecule has 0 aliphatic carbocycles. The third kappa shape index (κ3) is 5.24. The molecule has 3 aromatic rings. The smallest absolute Gasteiger partial charge is 0.293 e. The van der Waals surface area contributed by atoms with Gasteiger partial charge in [-0.1, -0.05) is 35.9 Å². The highest BCUT2D eigenvalue weighted by molar-refractivity contribution is 6.32. The Morgan fingerprint density at radius 1 is 1.00 bits per heavy atom. The summed E-state index contributed by atoms with van der Waals surface area (Å²) in [4.78, 5) is 28.4. The van der Waals surface area contributed by atoms with E-state index in [1.807, 2.05) is 11.9 Å². The molecule has 0 saturated carbocycles. The number of amides is 1. The molecule has 0 atom stereocenters. The Labute approximate surface area is 196 Å². The predicted molar refractivity (Wildman–Crippen MR) is 129 cm³/mol. The topological polar surface area (TPSA) is 88.0 Å². The number of benzene rings is 3. The summed E-state index contributed by atoms with van der Waals surface area (Å²) in [7, 11) is 2.02. The first-order valence-electron chi connectivity index (χ1n) is 10.5. The van der Waals surface area contributed by atoms with Gasteiger partial charge >= 0.3 is 0 Å². The minimum Gasteiger partial charge on any atom is -0.454 e. The highest BCUT2D eigenvalue weighted by Gasteiger charge is 2.24. The van der Waals surface area contributed by atoms with Crippen molar-refractivity contribution in [2.75, 3.05) is 43.4 Å². The van der Waals surface area contributed by atoms with E-state index in [2.05, 4.69) is 10.2 Å². The number of hydrogen-bond acceptors (Lipinski definition) is 6. The summed E-state index contributed by atoms with van der Waals surface area (Å²) in [6.07, 6.45) is 0. The number of anilines is 2. The van der Waals surface area contributed by atoms with Gasteiger partial charge in [0.15, 0.2) is 5.75 Å². The fourth-order valence-corrected chi connectivity index (χ4v) is 3.80. The lowest BCUT2D eigenvalue weighted by atomic mass is 10.1. The van der Waals surface area contributed by atoms with Crippen molar-refractivity contribution in [2.24, 2.45) is 0 Å². The molecule has 33 heavy (non-hydrogen) atoms. The summed E-state index contributed by atoms with van der Waals surface area (Å²) in [5.41, 5.74) is 1.04. The van der Waals surface area contributed by atoms with Gasteiger partial charge in [0.1, 0.15) is 11.4 Å². The first-order valence-corrected chi connectivity index (χ1v) is 10.8. The number of ether oxygens (including phenoxy) is 1. The van der Waals surface area contributed by atoms with E-state index in [0.29, 0.717) is 41.0 Å². The van der Waals surface area contributed by atoms with Gasteiger partial charge in [0.05, 0.1) is 15.6 Å². The number of para-hydroxylation sites is 3. The van der Waals surface area contributed by atoms with Gasteiger partial charge in [0.25, 0.3) is 11.6 Å². The van der Waals surface area contributed by atoms with E-state index < -0.39 is 10.8 Å². The number of carbonyl (C=O) groups excluding carboxylic acids is 1. The molecule has 1 aliphatic heterocycles. The molecule has 0 spiro atoms. The molecule has 1 aliphatic rings. The summed E-state index contributed by atoms with van der Waals surface area (Å²) in [5, 5.41) is 15.0. The molecular formula is C24H23ClN4O4. The molecule has 170 valence electrons. The van der Waals surface area contributed by atoms with Crippen LogP contribution in [0.15, 0.2) is 66.7 Å². The predicted octanol–water partition coefficient (Wildman–Crippen LogP) is 5.04. The lowest BCUT2D eigenvalue weighted by Gasteiger charge is -2.33. The average Bonchev–Trinajstić information content (AvgIpc) is 2.82. The van der Waals surface area contributed by atoms with Crippen molar-refractivity contribution in [3.63, 3.8) is 0 Å². The Morgan fingerprint density at radius 2 is 1.67 bits per heavy atom. The lowest BCUT2D eigenvalue weighted by Crippen LogP contribution is -2.44. The van der Waals surface area contributed by atoms with Crippen molar-refractivity contribution in [3.8, 4) is 11.5 Å². The third-order valence-corrected chi connectivity index (χ3v) is 5.78. The Hall–Kier alpha value is -3.62. The maximum absolute atomic E-state index is 13.0. The van der Waals surface area contributed by atoms with E-state index in [0.717, 1.165) is 13.1 Å². The van der Waals surface area contributed by atoms with Crippen LogP contribution in [0, 0.1) is 10.1 Å². The maximum atomic E-state index is 13.0. The first-order chi connectivity index (χ1) is 15.9. The van der Waals surface area contributed by atoms with Gasteiger partial charge in [0.2, 0.25) is 0 Å². The summed E-state index contributed by atoms with van der Waals surface area (Å²) in [5.74, 6) is 0.383. The number of nitrogens with one attached hydrogen (secondary N) is 1. The molecule has 9 heteroatoms. The zero-order valence-corrected chi connectivity index (χ0v) is 18.8. The van der Waals surface area contributed by atoms with E-state index in [-0.39, 0.29) is 11.3 Å². The van der Waals surface area contributed by atoms with Gasteiger partial charge in [-0.05, 0) is 43.4 Å². The van der Waals surface area contributed by atoms with Crippen molar-refractivity contribution in [2.45, 2.75) is 0 Å². The van der Waals surface area contributed by atoms with Gasteiger partial charge in [-0.25, -0.2) is 0 Å². The third-order valence-electron chi connectivity index (χ3n) is 5.47. The van der Waals surface area contributed by atoms with Crippen molar-refractivity contribution < 1.29 is 14.5 Å². The number of nitro benzene ring substituents is 1. The highest BCUT2D eigenvalue weighted by Crippen LogP contribution is 2.34. The standard InChI is InChI=1S/C24H23ClN4O4/c1-27-12-14-28(15-13-27)20-11-10-17(16-21(20)29(31)32)24(30)26-19-7-3-5-9-23(19)33-22-8-4-2-6-18(22)25/h2-11,16H,12-15H2,1H3,(H,26,30). The highest BCUT2D eigenvalue weighted by atomic mass is 35.5. The number of likely N-dealkylation sites (N-methyl/N-ethyl adjacent to an activating group) is 1. The lowest BCUT2D eigenvalue weighted by molar-refractivity contribution is -0.384. The fraction of sp³-hybridized carbons (Fsp3) is 0.208. The Bertz CT molecular complexity index is 1180. The number of halogens is 1. The minimum absolute atomic E-state index is 0.0900. The quantitative estimate of drug-likeness (QED) is 0.404. The number of rotatable bonds is 6. The summed E-state index contributed by atoms with van der Waals surface area (Å²) in [6, 6.07) is 18.5. The average molecular weight is 467 g/mol. The van der Waals surface area contributed by atoms with E-state index >= 15 is 0 Å². The molecule has 4 rings (SSSR count). The zero-order valence-electron chi connectivity index (χ0n) is 18.0. The second-order valence-electron chi connectivity index (χ2n) is 7.73. The van der Waals surface area contributed by atoms with Crippen LogP contribution in [0.5, 0.6) is 11.5 Å². The van der Waals surface area contributed by atoms with E-state index in [4.69, 9.17) is 16.3 Å². The minimum atomic E-state index is -0.474. The van der Waals surface area contributed by atoms with Crippen LogP contribution in [0.1, 0.15) is 10.4 Å². The molecule has 1 N–H and O–H groups in total. The molecule has 0 bridgehead atoms. The number of carbonyl (C=O) groups is 1. The van der Waals surface area contributed by atoms with E-state index in [1.165, 1.54) is 6.07 Å². The zero-order chi connectivity index (χ0) is 23.4. The van der Waals surface area contributed by atoms with E-state index in [1.54, 1.807) is 60.7 Å².